The van der Waals surface area contributed by atoms with E-state index in [0.29, 0.717) is 26.2 Å². The standard InChI is InChI=1S/C14H18ClF3N4O2/c1-13(2,3)24-12(23)22-6-4-21(5-7-22)10-8-9(15)19-11(20-10)14(16,17)18/h8H,4-7H2,1-3H3. The topological polar surface area (TPSA) is 58.6 Å². The molecule has 1 aromatic heterocycles. The Labute approximate surface area is 142 Å². The van der Waals surface area contributed by atoms with Crippen molar-refractivity contribution in [3.63, 3.8) is 0 Å². The molecule has 24 heavy (non-hydrogen) atoms. The molecule has 1 saturated heterocycles. The summed E-state index contributed by atoms with van der Waals surface area (Å²) in [4.78, 5) is 21.9. The molecule has 1 aliphatic heterocycles. The largest absolute Gasteiger partial charge is 0.451 e. The Morgan fingerprint density at radius 2 is 1.75 bits per heavy atom. The van der Waals surface area contributed by atoms with Gasteiger partial charge in [0, 0.05) is 32.2 Å². The maximum atomic E-state index is 12.8. The summed E-state index contributed by atoms with van der Waals surface area (Å²) in [5.41, 5.74) is -0.601. The van der Waals surface area contributed by atoms with Gasteiger partial charge in [-0.15, -0.1) is 0 Å². The normalized spacial score (nSPS) is 16.3. The van der Waals surface area contributed by atoms with Gasteiger partial charge in [-0.1, -0.05) is 11.6 Å². The average molecular weight is 367 g/mol. The van der Waals surface area contributed by atoms with E-state index in [-0.39, 0.29) is 11.0 Å². The second-order valence-electron chi connectivity index (χ2n) is 6.32. The molecular formula is C14H18ClF3N4O2. The summed E-state index contributed by atoms with van der Waals surface area (Å²) in [6, 6.07) is 1.28. The second kappa shape index (κ2) is 6.62. The number of carbonyl (C=O) groups excluding carboxylic acids is 1. The SMILES string of the molecule is CC(C)(C)OC(=O)N1CCN(c2cc(Cl)nc(C(F)(F)F)n2)CC1. The van der Waals surface area contributed by atoms with Crippen LogP contribution in [-0.4, -0.2) is 52.7 Å². The fourth-order valence-corrected chi connectivity index (χ4v) is 2.32. The van der Waals surface area contributed by atoms with Gasteiger partial charge in [-0.2, -0.15) is 13.2 Å². The summed E-state index contributed by atoms with van der Waals surface area (Å²) in [5.74, 6) is -1.19. The number of aromatic nitrogens is 2. The third-order valence-corrected chi connectivity index (χ3v) is 3.38. The fraction of sp³-hybridized carbons (Fsp3) is 0.643. The summed E-state index contributed by atoms with van der Waals surface area (Å²) in [6.07, 6.45) is -5.11. The Balaban J connectivity index is 2.05. The monoisotopic (exact) mass is 366 g/mol. The first-order chi connectivity index (χ1) is 11.0. The maximum Gasteiger partial charge on any atom is 0.451 e. The summed E-state index contributed by atoms with van der Waals surface area (Å²) in [5, 5.41) is -0.276. The molecule has 0 spiro atoms. The number of hydrogen-bond acceptors (Lipinski definition) is 5. The lowest BCUT2D eigenvalue weighted by atomic mass is 10.2. The Bertz CT molecular complexity index is 611. The molecule has 0 saturated carbocycles. The third-order valence-electron chi connectivity index (χ3n) is 3.19. The van der Waals surface area contributed by atoms with Gasteiger partial charge in [0.05, 0.1) is 0 Å². The van der Waals surface area contributed by atoms with Crippen LogP contribution in [0.5, 0.6) is 0 Å². The van der Waals surface area contributed by atoms with Gasteiger partial charge in [0.1, 0.15) is 16.6 Å². The van der Waals surface area contributed by atoms with Crippen molar-refractivity contribution in [3.05, 3.63) is 17.0 Å². The summed E-state index contributed by atoms with van der Waals surface area (Å²) in [6.45, 7) is 6.58. The predicted octanol–water partition coefficient (Wildman–Crippen LogP) is 3.21. The molecule has 0 atom stereocenters. The van der Waals surface area contributed by atoms with Gasteiger partial charge in [0.15, 0.2) is 0 Å². The molecule has 0 N–H and O–H groups in total. The van der Waals surface area contributed by atoms with Crippen LogP contribution in [0.15, 0.2) is 6.07 Å². The van der Waals surface area contributed by atoms with E-state index < -0.39 is 23.7 Å². The van der Waals surface area contributed by atoms with Crippen molar-refractivity contribution in [2.24, 2.45) is 0 Å². The number of halogens is 4. The van der Waals surface area contributed by atoms with Crippen molar-refractivity contribution >= 4 is 23.5 Å². The lowest BCUT2D eigenvalue weighted by Gasteiger charge is -2.36. The highest BCUT2D eigenvalue weighted by Crippen LogP contribution is 2.29. The Hall–Kier alpha value is -1.77. The van der Waals surface area contributed by atoms with E-state index in [4.69, 9.17) is 16.3 Å². The van der Waals surface area contributed by atoms with Crippen LogP contribution >= 0.6 is 11.6 Å². The highest BCUT2D eigenvalue weighted by molar-refractivity contribution is 6.29. The van der Waals surface area contributed by atoms with Crippen molar-refractivity contribution in [2.75, 3.05) is 31.1 Å². The minimum Gasteiger partial charge on any atom is -0.444 e. The minimum atomic E-state index is -4.67. The zero-order chi connectivity index (χ0) is 18.1. The van der Waals surface area contributed by atoms with Crippen LogP contribution in [0.3, 0.4) is 0 Å². The van der Waals surface area contributed by atoms with Crippen LogP contribution in [0.4, 0.5) is 23.8 Å². The highest BCUT2D eigenvalue weighted by atomic mass is 35.5. The molecule has 1 amide bonds. The van der Waals surface area contributed by atoms with E-state index in [1.807, 2.05) is 0 Å². The number of amides is 1. The molecule has 0 aromatic carbocycles. The number of ether oxygens (including phenoxy) is 1. The van der Waals surface area contributed by atoms with Crippen molar-refractivity contribution in [1.29, 1.82) is 0 Å². The van der Waals surface area contributed by atoms with Crippen LogP contribution in [0.1, 0.15) is 26.6 Å². The number of alkyl halides is 3. The highest BCUT2D eigenvalue weighted by Gasteiger charge is 2.36. The molecule has 0 bridgehead atoms. The number of piperazine rings is 1. The second-order valence-corrected chi connectivity index (χ2v) is 6.71. The molecule has 0 unspecified atom stereocenters. The van der Waals surface area contributed by atoms with Crippen LogP contribution in [0.25, 0.3) is 0 Å². The van der Waals surface area contributed by atoms with Gasteiger partial charge in [0.2, 0.25) is 5.82 Å². The third kappa shape index (κ3) is 4.86. The predicted molar refractivity (Wildman–Crippen MR) is 82.1 cm³/mol. The average Bonchev–Trinajstić information content (AvgIpc) is 2.44. The van der Waals surface area contributed by atoms with Crippen LogP contribution in [-0.2, 0) is 10.9 Å². The van der Waals surface area contributed by atoms with Crippen molar-refractivity contribution in [2.45, 2.75) is 32.5 Å². The van der Waals surface area contributed by atoms with Crippen molar-refractivity contribution in [1.82, 2.24) is 14.9 Å². The van der Waals surface area contributed by atoms with Crippen molar-refractivity contribution < 1.29 is 22.7 Å². The van der Waals surface area contributed by atoms with E-state index in [0.717, 1.165) is 0 Å². The summed E-state index contributed by atoms with van der Waals surface area (Å²) >= 11 is 5.66. The maximum absolute atomic E-state index is 12.8. The molecule has 1 aromatic rings. The van der Waals surface area contributed by atoms with E-state index in [2.05, 4.69) is 9.97 Å². The van der Waals surface area contributed by atoms with Gasteiger partial charge in [-0.25, -0.2) is 14.8 Å². The van der Waals surface area contributed by atoms with E-state index >= 15 is 0 Å². The Kier molecular flexibility index (Phi) is 5.12. The molecule has 1 aliphatic rings. The van der Waals surface area contributed by atoms with Crippen LogP contribution < -0.4 is 4.90 Å². The number of nitrogens with zero attached hydrogens (tertiary/aromatic N) is 4. The number of rotatable bonds is 1. The van der Waals surface area contributed by atoms with E-state index in [1.54, 1.807) is 25.7 Å². The zero-order valence-corrected chi connectivity index (χ0v) is 14.3. The smallest absolute Gasteiger partial charge is 0.444 e. The molecule has 134 valence electrons. The Morgan fingerprint density at radius 1 is 1.17 bits per heavy atom. The first-order valence-electron chi connectivity index (χ1n) is 7.30. The van der Waals surface area contributed by atoms with Gasteiger partial charge >= 0.3 is 12.3 Å². The Morgan fingerprint density at radius 3 is 2.25 bits per heavy atom. The number of anilines is 1. The molecule has 0 aliphatic carbocycles. The fourth-order valence-electron chi connectivity index (χ4n) is 2.14. The summed E-state index contributed by atoms with van der Waals surface area (Å²) in [7, 11) is 0. The molecule has 1 fully saturated rings. The molecule has 6 nitrogen and oxygen atoms in total. The molecule has 10 heteroatoms. The lowest BCUT2D eigenvalue weighted by molar-refractivity contribution is -0.144. The molecule has 2 rings (SSSR count). The first-order valence-corrected chi connectivity index (χ1v) is 7.68. The number of carbonyl (C=O) groups is 1. The van der Waals surface area contributed by atoms with Gasteiger partial charge < -0.3 is 14.5 Å². The minimum absolute atomic E-state index is 0.0890. The lowest BCUT2D eigenvalue weighted by Crippen LogP contribution is -2.50. The van der Waals surface area contributed by atoms with E-state index in [1.165, 1.54) is 11.0 Å². The quantitative estimate of drug-likeness (QED) is 0.714. The number of hydrogen-bond donors (Lipinski definition) is 0. The first kappa shape index (κ1) is 18.6. The zero-order valence-electron chi connectivity index (χ0n) is 13.5. The molecule has 0 radical (unpaired) electrons. The summed E-state index contributed by atoms with van der Waals surface area (Å²) < 4.78 is 43.6. The van der Waals surface area contributed by atoms with Crippen molar-refractivity contribution in [3.8, 4) is 0 Å². The van der Waals surface area contributed by atoms with Gasteiger partial charge in [-0.05, 0) is 20.8 Å². The van der Waals surface area contributed by atoms with E-state index in [9.17, 15) is 18.0 Å². The van der Waals surface area contributed by atoms with Gasteiger partial charge in [0.25, 0.3) is 0 Å². The van der Waals surface area contributed by atoms with Crippen LogP contribution in [0.2, 0.25) is 5.15 Å². The molecular weight excluding hydrogens is 349 g/mol. The molecule has 2 heterocycles. The van der Waals surface area contributed by atoms with Crippen LogP contribution in [0, 0.1) is 0 Å². The van der Waals surface area contributed by atoms with Gasteiger partial charge in [-0.3, -0.25) is 0 Å².